The number of carbonyl (C=O) groups excluding carboxylic acids is 2. The van der Waals surface area contributed by atoms with E-state index in [2.05, 4.69) is 5.32 Å². The van der Waals surface area contributed by atoms with E-state index in [4.69, 9.17) is 0 Å². The van der Waals surface area contributed by atoms with Gasteiger partial charge in [0.2, 0.25) is 0 Å². The first-order chi connectivity index (χ1) is 10.4. The first-order valence-electron chi connectivity index (χ1n) is 7.19. The number of benzene rings is 2. The van der Waals surface area contributed by atoms with Crippen molar-refractivity contribution in [2.45, 2.75) is 19.4 Å². The second-order valence-electron chi connectivity index (χ2n) is 5.72. The highest BCUT2D eigenvalue weighted by molar-refractivity contribution is 6.10. The van der Waals surface area contributed by atoms with Gasteiger partial charge in [-0.3, -0.25) is 9.59 Å². The Morgan fingerprint density at radius 1 is 1.18 bits per heavy atom. The SMILES string of the molecule is Cc1ccc2c(c1)[C@@](O)([C@H](C)C(=O)c1ccccc1)C(=O)N2. The maximum atomic E-state index is 12.6. The number of ketones is 1. The molecule has 0 aromatic heterocycles. The van der Waals surface area contributed by atoms with E-state index >= 15 is 0 Å². The molecule has 0 fully saturated rings. The summed E-state index contributed by atoms with van der Waals surface area (Å²) in [4.78, 5) is 25.0. The Morgan fingerprint density at radius 2 is 1.86 bits per heavy atom. The molecule has 22 heavy (non-hydrogen) atoms. The molecule has 1 amide bonds. The van der Waals surface area contributed by atoms with Crippen molar-refractivity contribution in [3.63, 3.8) is 0 Å². The van der Waals surface area contributed by atoms with E-state index in [1.807, 2.05) is 19.1 Å². The molecule has 0 radical (unpaired) electrons. The quantitative estimate of drug-likeness (QED) is 0.856. The topological polar surface area (TPSA) is 66.4 Å². The van der Waals surface area contributed by atoms with Crippen molar-refractivity contribution >= 4 is 17.4 Å². The highest BCUT2D eigenvalue weighted by Gasteiger charge is 2.51. The lowest BCUT2D eigenvalue weighted by atomic mass is 9.79. The molecule has 0 saturated heterocycles. The van der Waals surface area contributed by atoms with Crippen LogP contribution in [0.3, 0.4) is 0 Å². The summed E-state index contributed by atoms with van der Waals surface area (Å²) < 4.78 is 0. The van der Waals surface area contributed by atoms with E-state index in [-0.39, 0.29) is 5.78 Å². The Bertz CT molecular complexity index is 754. The number of aliphatic hydroxyl groups is 1. The lowest BCUT2D eigenvalue weighted by Crippen LogP contribution is -2.44. The predicted molar refractivity (Wildman–Crippen MR) is 83.6 cm³/mol. The van der Waals surface area contributed by atoms with Gasteiger partial charge in [0.05, 0.1) is 5.92 Å². The van der Waals surface area contributed by atoms with E-state index in [0.717, 1.165) is 5.56 Å². The van der Waals surface area contributed by atoms with E-state index in [1.54, 1.807) is 43.3 Å². The molecule has 2 N–H and O–H groups in total. The Balaban J connectivity index is 2.05. The Labute approximate surface area is 128 Å². The molecule has 1 aliphatic rings. The first-order valence-corrected chi connectivity index (χ1v) is 7.19. The zero-order valence-electron chi connectivity index (χ0n) is 12.5. The van der Waals surface area contributed by atoms with Crippen LogP contribution in [0.4, 0.5) is 5.69 Å². The number of fused-ring (bicyclic) bond motifs is 1. The molecule has 0 unspecified atom stereocenters. The number of carbonyl (C=O) groups is 2. The summed E-state index contributed by atoms with van der Waals surface area (Å²) >= 11 is 0. The van der Waals surface area contributed by atoms with Gasteiger partial charge in [-0.2, -0.15) is 0 Å². The fourth-order valence-electron chi connectivity index (χ4n) is 2.89. The number of nitrogens with one attached hydrogen (secondary N) is 1. The van der Waals surface area contributed by atoms with E-state index < -0.39 is 17.4 Å². The largest absolute Gasteiger partial charge is 0.375 e. The Hall–Kier alpha value is -2.46. The average Bonchev–Trinajstić information content (AvgIpc) is 2.79. The van der Waals surface area contributed by atoms with Gasteiger partial charge >= 0.3 is 0 Å². The highest BCUT2D eigenvalue weighted by atomic mass is 16.3. The maximum Gasteiger partial charge on any atom is 0.261 e. The molecular weight excluding hydrogens is 278 g/mol. The normalized spacial score (nSPS) is 21.1. The van der Waals surface area contributed by atoms with Crippen LogP contribution in [-0.2, 0) is 10.4 Å². The average molecular weight is 295 g/mol. The third-order valence-electron chi connectivity index (χ3n) is 4.26. The van der Waals surface area contributed by atoms with Crippen molar-refractivity contribution in [2.75, 3.05) is 5.32 Å². The minimum absolute atomic E-state index is 0.257. The summed E-state index contributed by atoms with van der Waals surface area (Å²) in [5.74, 6) is -1.68. The van der Waals surface area contributed by atoms with Crippen molar-refractivity contribution < 1.29 is 14.7 Å². The maximum absolute atomic E-state index is 12.6. The molecule has 1 heterocycles. The lowest BCUT2D eigenvalue weighted by Gasteiger charge is -2.27. The van der Waals surface area contributed by atoms with Crippen LogP contribution in [0.1, 0.15) is 28.4 Å². The number of rotatable bonds is 3. The second kappa shape index (κ2) is 5.07. The molecule has 112 valence electrons. The standard InChI is InChI=1S/C18H17NO3/c1-11-8-9-15-14(10-11)18(22,17(21)19-15)12(2)16(20)13-6-4-3-5-7-13/h3-10,12,22H,1-2H3,(H,19,21)/t12-,18+/m1/s1. The van der Waals surface area contributed by atoms with Gasteiger partial charge in [0.25, 0.3) is 5.91 Å². The molecule has 4 heteroatoms. The van der Waals surface area contributed by atoms with Crippen LogP contribution in [0.2, 0.25) is 0 Å². The third kappa shape index (κ3) is 2.04. The minimum Gasteiger partial charge on any atom is -0.375 e. The number of hydrogen-bond donors (Lipinski definition) is 2. The van der Waals surface area contributed by atoms with Gasteiger partial charge in [0, 0.05) is 16.8 Å². The van der Waals surface area contributed by atoms with Gasteiger partial charge in [-0.05, 0) is 13.0 Å². The van der Waals surface area contributed by atoms with Crippen LogP contribution < -0.4 is 5.32 Å². The number of hydrogen-bond acceptors (Lipinski definition) is 3. The first kappa shape index (κ1) is 14.5. The summed E-state index contributed by atoms with van der Waals surface area (Å²) in [6.07, 6.45) is 0. The molecule has 3 rings (SSSR count). The second-order valence-corrected chi connectivity index (χ2v) is 5.72. The molecule has 0 aliphatic carbocycles. The fourth-order valence-corrected chi connectivity index (χ4v) is 2.89. The van der Waals surface area contributed by atoms with Crippen molar-refractivity contribution in [1.82, 2.24) is 0 Å². The van der Waals surface area contributed by atoms with Gasteiger partial charge in [-0.15, -0.1) is 0 Å². The van der Waals surface area contributed by atoms with Gasteiger partial charge in [0.1, 0.15) is 0 Å². The monoisotopic (exact) mass is 295 g/mol. The molecule has 0 bridgehead atoms. The van der Waals surface area contributed by atoms with Crippen molar-refractivity contribution in [3.05, 3.63) is 65.2 Å². The molecule has 2 aromatic carbocycles. The summed E-state index contributed by atoms with van der Waals surface area (Å²) in [5, 5.41) is 13.7. The number of anilines is 1. The van der Waals surface area contributed by atoms with Crippen LogP contribution >= 0.6 is 0 Å². The van der Waals surface area contributed by atoms with E-state index in [1.165, 1.54) is 0 Å². The lowest BCUT2D eigenvalue weighted by molar-refractivity contribution is -0.137. The molecule has 4 nitrogen and oxygen atoms in total. The highest BCUT2D eigenvalue weighted by Crippen LogP contribution is 2.42. The van der Waals surface area contributed by atoms with Crippen LogP contribution in [-0.4, -0.2) is 16.8 Å². The summed E-state index contributed by atoms with van der Waals surface area (Å²) in [6, 6.07) is 14.1. The van der Waals surface area contributed by atoms with Gasteiger partial charge < -0.3 is 10.4 Å². The number of aryl methyl sites for hydroxylation is 1. The number of Topliss-reactive ketones (excluding diaryl/α,β-unsaturated/α-hetero) is 1. The summed E-state index contributed by atoms with van der Waals surface area (Å²) in [5.41, 5.74) is 0.597. The summed E-state index contributed by atoms with van der Waals surface area (Å²) in [7, 11) is 0. The molecule has 2 aromatic rings. The molecule has 2 atom stereocenters. The molecule has 0 saturated carbocycles. The van der Waals surface area contributed by atoms with E-state index in [9.17, 15) is 14.7 Å². The minimum atomic E-state index is -1.84. The molecule has 1 aliphatic heterocycles. The van der Waals surface area contributed by atoms with Gasteiger partial charge in [0.15, 0.2) is 11.4 Å². The number of amides is 1. The van der Waals surface area contributed by atoms with Crippen LogP contribution in [0, 0.1) is 12.8 Å². The van der Waals surface area contributed by atoms with Crippen molar-refractivity contribution in [2.24, 2.45) is 5.92 Å². The van der Waals surface area contributed by atoms with Crippen molar-refractivity contribution in [3.8, 4) is 0 Å². The smallest absolute Gasteiger partial charge is 0.261 e. The zero-order chi connectivity index (χ0) is 15.9. The molecular formula is C18H17NO3. The molecule has 0 spiro atoms. The Kier molecular flexibility index (Phi) is 3.34. The van der Waals surface area contributed by atoms with Crippen LogP contribution in [0.5, 0.6) is 0 Å². The van der Waals surface area contributed by atoms with Crippen LogP contribution in [0.15, 0.2) is 48.5 Å². The van der Waals surface area contributed by atoms with Crippen LogP contribution in [0.25, 0.3) is 0 Å². The summed E-state index contributed by atoms with van der Waals surface area (Å²) in [6.45, 7) is 3.47. The van der Waals surface area contributed by atoms with E-state index in [0.29, 0.717) is 16.8 Å². The fraction of sp³-hybridized carbons (Fsp3) is 0.222. The zero-order valence-corrected chi connectivity index (χ0v) is 12.5. The van der Waals surface area contributed by atoms with Gasteiger partial charge in [-0.25, -0.2) is 0 Å². The predicted octanol–water partition coefficient (Wildman–Crippen LogP) is 2.65. The Morgan fingerprint density at radius 3 is 2.55 bits per heavy atom. The third-order valence-corrected chi connectivity index (χ3v) is 4.26. The van der Waals surface area contributed by atoms with Gasteiger partial charge in [-0.1, -0.05) is 55.0 Å². The van der Waals surface area contributed by atoms with Crippen molar-refractivity contribution in [1.29, 1.82) is 0 Å².